The highest BCUT2D eigenvalue weighted by Crippen LogP contribution is 2.34. The third kappa shape index (κ3) is 5.06. The van der Waals surface area contributed by atoms with Crippen molar-refractivity contribution in [2.24, 2.45) is 0 Å². The molecule has 0 saturated carbocycles. The number of hydrogen-bond acceptors (Lipinski definition) is 1. The molecule has 0 unspecified atom stereocenters. The van der Waals surface area contributed by atoms with Crippen LogP contribution in [0.15, 0.2) is 85.5 Å². The predicted octanol–water partition coefficient (Wildman–Crippen LogP) is 8.47. The summed E-state index contributed by atoms with van der Waals surface area (Å²) in [7, 11) is 0. The lowest BCUT2D eigenvalue weighted by Crippen LogP contribution is -2.17. The summed E-state index contributed by atoms with van der Waals surface area (Å²) in [5.74, 6) is -2.24. The molecule has 33 heavy (non-hydrogen) atoms. The monoisotopic (exact) mass is 454 g/mol. The van der Waals surface area contributed by atoms with Gasteiger partial charge in [-0.3, -0.25) is 0 Å². The Bertz CT molecular complexity index is 1310. The number of benzene rings is 4. The van der Waals surface area contributed by atoms with Crippen LogP contribution in [0.5, 0.6) is 5.75 Å². The van der Waals surface area contributed by atoms with Crippen molar-refractivity contribution in [2.45, 2.75) is 19.2 Å². The summed E-state index contributed by atoms with van der Waals surface area (Å²) in [6.07, 6.45) is -1.67. The van der Waals surface area contributed by atoms with Crippen molar-refractivity contribution >= 4 is 10.8 Å². The van der Waals surface area contributed by atoms with Gasteiger partial charge in [-0.2, -0.15) is 0 Å². The van der Waals surface area contributed by atoms with E-state index in [2.05, 4.69) is 11.3 Å². The Kier molecular flexibility index (Phi) is 6.18. The molecule has 0 amide bonds. The third-order valence-corrected chi connectivity index (χ3v) is 5.34. The molecule has 0 aliphatic carbocycles. The van der Waals surface area contributed by atoms with E-state index in [1.54, 1.807) is 36.4 Å². The molecular formula is C27H19F5O. The van der Waals surface area contributed by atoms with Gasteiger partial charge in [-0.25, -0.2) is 8.78 Å². The molecule has 0 spiro atoms. The zero-order valence-corrected chi connectivity index (χ0v) is 17.4. The minimum atomic E-state index is -4.97. The van der Waals surface area contributed by atoms with E-state index in [0.29, 0.717) is 16.5 Å². The number of alkyl halides is 3. The second-order valence-electron chi connectivity index (χ2n) is 7.58. The normalized spacial score (nSPS) is 11.5. The highest BCUT2D eigenvalue weighted by molar-refractivity contribution is 5.89. The second kappa shape index (κ2) is 9.06. The molecule has 0 bridgehead atoms. The van der Waals surface area contributed by atoms with Crippen LogP contribution in [0, 0.1) is 11.6 Å². The summed E-state index contributed by atoms with van der Waals surface area (Å²) in [6, 6.07) is 19.4. The fourth-order valence-corrected chi connectivity index (χ4v) is 3.71. The second-order valence-corrected chi connectivity index (χ2v) is 7.58. The Morgan fingerprint density at radius 1 is 0.788 bits per heavy atom. The number of allylic oxidation sites excluding steroid dienone is 1. The van der Waals surface area contributed by atoms with E-state index in [9.17, 15) is 22.0 Å². The Morgan fingerprint density at radius 3 is 2.15 bits per heavy atom. The molecule has 168 valence electrons. The number of ether oxygens (including phenoxy) is 1. The van der Waals surface area contributed by atoms with Crippen LogP contribution in [0.2, 0.25) is 0 Å². The molecule has 0 radical (unpaired) electrons. The minimum absolute atomic E-state index is 0.0238. The smallest absolute Gasteiger partial charge is 0.403 e. The number of rotatable bonds is 6. The molecule has 4 aromatic carbocycles. The molecule has 4 rings (SSSR count). The van der Waals surface area contributed by atoms with Gasteiger partial charge in [-0.15, -0.1) is 19.8 Å². The van der Waals surface area contributed by atoms with Crippen LogP contribution >= 0.6 is 0 Å². The molecule has 0 atom stereocenters. The van der Waals surface area contributed by atoms with E-state index in [1.807, 2.05) is 18.2 Å². The van der Waals surface area contributed by atoms with Gasteiger partial charge in [0, 0.05) is 10.9 Å². The third-order valence-electron chi connectivity index (χ3n) is 5.34. The molecule has 0 aromatic heterocycles. The van der Waals surface area contributed by atoms with Gasteiger partial charge >= 0.3 is 6.36 Å². The lowest BCUT2D eigenvalue weighted by atomic mass is 9.97. The van der Waals surface area contributed by atoms with Crippen molar-refractivity contribution in [1.29, 1.82) is 0 Å². The van der Waals surface area contributed by atoms with Gasteiger partial charge in [0.15, 0.2) is 11.6 Å². The molecular weight excluding hydrogens is 435 g/mol. The van der Waals surface area contributed by atoms with Crippen molar-refractivity contribution in [3.8, 4) is 28.0 Å². The highest BCUT2D eigenvalue weighted by Gasteiger charge is 2.32. The number of hydrogen-bond donors (Lipinski definition) is 0. The average molecular weight is 454 g/mol. The van der Waals surface area contributed by atoms with Crippen molar-refractivity contribution < 1.29 is 26.7 Å². The van der Waals surface area contributed by atoms with E-state index >= 15 is 0 Å². The molecule has 6 heteroatoms. The highest BCUT2D eigenvalue weighted by atomic mass is 19.4. The SMILES string of the molecule is C=CCCc1ccc(-c2ccc(-c3ccc4c(F)c(OC(F)(F)F)ccc4c3)cc2)c(F)c1. The fraction of sp³-hybridized carbons (Fsp3) is 0.111. The summed E-state index contributed by atoms with van der Waals surface area (Å²) in [5.41, 5.74) is 3.66. The van der Waals surface area contributed by atoms with Gasteiger partial charge in [0.1, 0.15) is 5.82 Å². The van der Waals surface area contributed by atoms with Gasteiger partial charge in [0.2, 0.25) is 0 Å². The summed E-state index contributed by atoms with van der Waals surface area (Å²) in [4.78, 5) is 0. The first kappa shape index (κ1) is 22.5. The van der Waals surface area contributed by atoms with E-state index in [1.165, 1.54) is 18.2 Å². The van der Waals surface area contributed by atoms with Gasteiger partial charge in [-0.05, 0) is 58.7 Å². The Labute approximate surface area is 187 Å². The van der Waals surface area contributed by atoms with Crippen molar-refractivity contribution in [1.82, 2.24) is 0 Å². The maximum atomic E-state index is 14.6. The van der Waals surface area contributed by atoms with E-state index in [4.69, 9.17) is 0 Å². The molecule has 0 aliphatic rings. The molecule has 0 aliphatic heterocycles. The zero-order valence-electron chi connectivity index (χ0n) is 17.4. The standard InChI is InChI=1S/C27H19F5O/c1-2-3-4-17-5-12-22(24(28)15-17)19-8-6-18(7-9-19)20-10-13-23-21(16-20)11-14-25(26(23)29)33-27(30,31)32/h2,5-16H,1,3-4H2. The first-order valence-corrected chi connectivity index (χ1v) is 10.2. The Hall–Kier alpha value is -3.67. The van der Waals surface area contributed by atoms with Crippen LogP contribution in [0.4, 0.5) is 22.0 Å². The lowest BCUT2D eigenvalue weighted by Gasteiger charge is -2.12. The maximum absolute atomic E-state index is 14.6. The molecule has 4 aromatic rings. The maximum Gasteiger partial charge on any atom is 0.573 e. The van der Waals surface area contributed by atoms with Gasteiger partial charge in [0.25, 0.3) is 0 Å². The fourth-order valence-electron chi connectivity index (χ4n) is 3.71. The van der Waals surface area contributed by atoms with E-state index in [-0.39, 0.29) is 11.2 Å². The summed E-state index contributed by atoms with van der Waals surface area (Å²) in [6.45, 7) is 3.68. The number of halogens is 5. The van der Waals surface area contributed by atoms with Crippen LogP contribution in [0.3, 0.4) is 0 Å². The summed E-state index contributed by atoms with van der Waals surface area (Å²) in [5, 5.41) is 0.459. The molecule has 0 heterocycles. The quantitative estimate of drug-likeness (QED) is 0.210. The summed E-state index contributed by atoms with van der Waals surface area (Å²) < 4.78 is 70.1. The predicted molar refractivity (Wildman–Crippen MR) is 120 cm³/mol. The van der Waals surface area contributed by atoms with Gasteiger partial charge in [-0.1, -0.05) is 60.7 Å². The molecule has 0 saturated heterocycles. The van der Waals surface area contributed by atoms with Gasteiger partial charge < -0.3 is 4.74 Å². The first-order valence-electron chi connectivity index (χ1n) is 10.2. The average Bonchev–Trinajstić information content (AvgIpc) is 2.79. The van der Waals surface area contributed by atoms with Crippen LogP contribution in [-0.2, 0) is 6.42 Å². The Balaban J connectivity index is 1.60. The zero-order chi connectivity index (χ0) is 23.6. The largest absolute Gasteiger partial charge is 0.573 e. The molecule has 1 nitrogen and oxygen atoms in total. The topological polar surface area (TPSA) is 9.23 Å². The number of aryl methyl sites for hydroxylation is 1. The van der Waals surface area contributed by atoms with Crippen molar-refractivity contribution in [2.75, 3.05) is 0 Å². The van der Waals surface area contributed by atoms with E-state index in [0.717, 1.165) is 35.6 Å². The first-order chi connectivity index (χ1) is 15.7. The summed E-state index contributed by atoms with van der Waals surface area (Å²) >= 11 is 0. The van der Waals surface area contributed by atoms with Crippen LogP contribution in [-0.4, -0.2) is 6.36 Å². The van der Waals surface area contributed by atoms with Gasteiger partial charge in [0.05, 0.1) is 0 Å². The molecule has 0 N–H and O–H groups in total. The van der Waals surface area contributed by atoms with Crippen molar-refractivity contribution in [3.05, 3.63) is 103 Å². The van der Waals surface area contributed by atoms with E-state index < -0.39 is 17.9 Å². The van der Waals surface area contributed by atoms with Crippen LogP contribution in [0.1, 0.15) is 12.0 Å². The van der Waals surface area contributed by atoms with Crippen LogP contribution < -0.4 is 4.74 Å². The lowest BCUT2D eigenvalue weighted by molar-refractivity contribution is -0.275. The van der Waals surface area contributed by atoms with Crippen LogP contribution in [0.25, 0.3) is 33.0 Å². The molecule has 0 fully saturated rings. The Morgan fingerprint density at radius 2 is 1.48 bits per heavy atom. The number of fused-ring (bicyclic) bond motifs is 1. The minimum Gasteiger partial charge on any atom is -0.403 e. The van der Waals surface area contributed by atoms with Crippen molar-refractivity contribution in [3.63, 3.8) is 0 Å².